The van der Waals surface area contributed by atoms with Gasteiger partial charge in [-0.25, -0.2) is 9.13 Å². The number of hydrogen-bond acceptors (Lipinski definition) is 0. The van der Waals surface area contributed by atoms with Crippen molar-refractivity contribution in [1.29, 1.82) is 0 Å². The van der Waals surface area contributed by atoms with Gasteiger partial charge < -0.3 is 0 Å². The molecule has 2 aromatic carbocycles. The van der Waals surface area contributed by atoms with E-state index in [1.165, 1.54) is 39.2 Å². The molecule has 124 valence electrons. The lowest BCUT2D eigenvalue weighted by Gasteiger charge is -2.09. The van der Waals surface area contributed by atoms with Gasteiger partial charge in [-0.15, -0.1) is 0 Å². The van der Waals surface area contributed by atoms with Crippen molar-refractivity contribution in [3.8, 4) is 11.4 Å². The highest BCUT2D eigenvalue weighted by Gasteiger charge is 2.17. The third-order valence-corrected chi connectivity index (χ3v) is 4.75. The van der Waals surface area contributed by atoms with Crippen molar-refractivity contribution in [3.05, 3.63) is 76.9 Å². The lowest BCUT2D eigenvalue weighted by molar-refractivity contribution is -0.595. The molecule has 0 aliphatic heterocycles. The average Bonchev–Trinajstić information content (AvgIpc) is 3.02. The first-order valence-electron chi connectivity index (χ1n) is 8.83. The summed E-state index contributed by atoms with van der Waals surface area (Å²) in [5.74, 6) is 0. The van der Waals surface area contributed by atoms with Crippen molar-refractivity contribution in [2.75, 3.05) is 0 Å². The highest BCUT2D eigenvalue weighted by Crippen LogP contribution is 2.22. The number of aromatic nitrogens is 2. The van der Waals surface area contributed by atoms with Crippen LogP contribution >= 0.6 is 0 Å². The highest BCUT2D eigenvalue weighted by atomic mass is 15.1. The number of aryl methyl sites for hydroxylation is 5. The normalized spacial score (nSPS) is 11.0. The Morgan fingerprint density at radius 3 is 2.04 bits per heavy atom. The van der Waals surface area contributed by atoms with Gasteiger partial charge in [-0.1, -0.05) is 49.7 Å². The van der Waals surface area contributed by atoms with E-state index in [1.54, 1.807) is 0 Å². The first-order chi connectivity index (χ1) is 11.5. The summed E-state index contributed by atoms with van der Waals surface area (Å²) in [4.78, 5) is 0. The van der Waals surface area contributed by atoms with Crippen molar-refractivity contribution < 1.29 is 4.57 Å². The molecular formula is C22H27N2+. The number of para-hydroxylation sites is 1. The topological polar surface area (TPSA) is 8.81 Å². The van der Waals surface area contributed by atoms with E-state index in [9.17, 15) is 0 Å². The predicted octanol–water partition coefficient (Wildman–Crippen LogP) is 4.80. The molecule has 0 spiro atoms. The van der Waals surface area contributed by atoms with Crippen LogP contribution in [0.1, 0.15) is 41.7 Å². The van der Waals surface area contributed by atoms with E-state index in [0.29, 0.717) is 0 Å². The Hall–Kier alpha value is -2.35. The summed E-state index contributed by atoms with van der Waals surface area (Å²) < 4.78 is 4.52. The van der Waals surface area contributed by atoms with Crippen LogP contribution < -0.4 is 4.57 Å². The van der Waals surface area contributed by atoms with Crippen LogP contribution in [0, 0.1) is 20.8 Å². The minimum atomic E-state index is 1.05. The van der Waals surface area contributed by atoms with Crippen LogP contribution in [-0.4, -0.2) is 4.57 Å². The van der Waals surface area contributed by atoms with Crippen molar-refractivity contribution >= 4 is 0 Å². The summed E-state index contributed by atoms with van der Waals surface area (Å²) in [6.45, 7) is 11.0. The first kappa shape index (κ1) is 16.5. The summed E-state index contributed by atoms with van der Waals surface area (Å²) in [5.41, 5.74) is 9.36. The van der Waals surface area contributed by atoms with Crippen LogP contribution in [0.2, 0.25) is 0 Å². The number of hydrogen-bond donors (Lipinski definition) is 0. The van der Waals surface area contributed by atoms with E-state index in [-0.39, 0.29) is 0 Å². The third-order valence-electron chi connectivity index (χ3n) is 4.75. The van der Waals surface area contributed by atoms with Gasteiger partial charge in [0.2, 0.25) is 0 Å². The Labute approximate surface area is 145 Å². The van der Waals surface area contributed by atoms with Gasteiger partial charge in [-0.2, -0.15) is 0 Å². The van der Waals surface area contributed by atoms with Crippen LogP contribution in [0.5, 0.6) is 0 Å². The molecule has 0 fully saturated rings. The van der Waals surface area contributed by atoms with Crippen molar-refractivity contribution in [1.82, 2.24) is 4.57 Å². The van der Waals surface area contributed by atoms with E-state index < -0.39 is 0 Å². The molecule has 0 radical (unpaired) electrons. The minimum absolute atomic E-state index is 1.05. The van der Waals surface area contributed by atoms with E-state index >= 15 is 0 Å². The number of nitrogens with zero attached hydrogens (tertiary/aromatic N) is 2. The molecule has 1 heterocycles. The van der Waals surface area contributed by atoms with Crippen molar-refractivity contribution in [2.45, 2.75) is 47.5 Å². The van der Waals surface area contributed by atoms with Gasteiger partial charge in [0.05, 0.1) is 0 Å². The number of rotatable bonds is 4. The van der Waals surface area contributed by atoms with Crippen LogP contribution in [0.3, 0.4) is 0 Å². The van der Waals surface area contributed by atoms with Gasteiger partial charge >= 0.3 is 0 Å². The van der Waals surface area contributed by atoms with Gasteiger partial charge in [0.15, 0.2) is 0 Å². The quantitative estimate of drug-likeness (QED) is 0.611. The Bertz CT molecular complexity index is 826. The van der Waals surface area contributed by atoms with Crippen LogP contribution in [-0.2, 0) is 12.8 Å². The maximum atomic E-state index is 2.27. The zero-order chi connectivity index (χ0) is 17.3. The van der Waals surface area contributed by atoms with E-state index in [2.05, 4.69) is 92.8 Å². The van der Waals surface area contributed by atoms with Gasteiger partial charge in [-0.05, 0) is 55.9 Å². The smallest absolute Gasteiger partial charge is 0.202 e. The molecule has 3 aromatic rings. The molecule has 0 aliphatic rings. The zero-order valence-corrected chi connectivity index (χ0v) is 15.4. The molecule has 0 amide bonds. The van der Waals surface area contributed by atoms with E-state index in [4.69, 9.17) is 0 Å². The summed E-state index contributed by atoms with van der Waals surface area (Å²) in [6, 6.07) is 11.2. The molecule has 0 N–H and O–H groups in total. The van der Waals surface area contributed by atoms with Gasteiger partial charge in [-0.3, -0.25) is 0 Å². The lowest BCUT2D eigenvalue weighted by atomic mass is 10.0. The second kappa shape index (κ2) is 6.64. The lowest BCUT2D eigenvalue weighted by Crippen LogP contribution is -2.30. The standard InChI is InChI=1S/C22H27N2/c1-6-19-9-8-10-20(7-2)22(19)24-12-11-23(15-24)21-17(4)13-16(3)14-18(21)5/h8-15H,6-7H2,1-5H3/q+1. The average molecular weight is 319 g/mol. The van der Waals surface area contributed by atoms with Gasteiger partial charge in [0.25, 0.3) is 6.33 Å². The molecule has 1 aromatic heterocycles. The van der Waals surface area contributed by atoms with Crippen molar-refractivity contribution in [3.63, 3.8) is 0 Å². The fraction of sp³-hybridized carbons (Fsp3) is 0.318. The Kier molecular flexibility index (Phi) is 4.57. The van der Waals surface area contributed by atoms with Crippen LogP contribution in [0.15, 0.2) is 49.1 Å². The molecule has 0 unspecified atom stereocenters. The second-order valence-corrected chi connectivity index (χ2v) is 6.61. The Morgan fingerprint density at radius 1 is 0.917 bits per heavy atom. The zero-order valence-electron chi connectivity index (χ0n) is 15.4. The molecule has 0 bridgehead atoms. The fourth-order valence-electron chi connectivity index (χ4n) is 3.75. The molecule has 0 saturated carbocycles. The largest absolute Gasteiger partial charge is 0.254 e. The number of benzene rings is 2. The molecule has 2 heteroatoms. The molecular weight excluding hydrogens is 292 g/mol. The maximum Gasteiger partial charge on any atom is 0.254 e. The first-order valence-corrected chi connectivity index (χ1v) is 8.83. The molecule has 0 atom stereocenters. The van der Waals surface area contributed by atoms with Crippen molar-refractivity contribution in [2.24, 2.45) is 0 Å². The van der Waals surface area contributed by atoms with E-state index in [0.717, 1.165) is 12.8 Å². The second-order valence-electron chi connectivity index (χ2n) is 6.61. The summed E-state index contributed by atoms with van der Waals surface area (Å²) in [7, 11) is 0. The van der Waals surface area contributed by atoms with E-state index in [1.807, 2.05) is 0 Å². The van der Waals surface area contributed by atoms with Crippen LogP contribution in [0.4, 0.5) is 0 Å². The molecule has 3 rings (SSSR count). The summed E-state index contributed by atoms with van der Waals surface area (Å²) in [6.07, 6.45) is 8.63. The molecule has 0 aliphatic carbocycles. The molecule has 0 saturated heterocycles. The van der Waals surface area contributed by atoms with Crippen LogP contribution in [0.25, 0.3) is 11.4 Å². The summed E-state index contributed by atoms with van der Waals surface area (Å²) >= 11 is 0. The SMILES string of the molecule is CCc1cccc(CC)c1-n1cc[n+](-c2c(C)cc(C)cc2C)c1. The molecule has 24 heavy (non-hydrogen) atoms. The maximum absolute atomic E-state index is 2.27. The monoisotopic (exact) mass is 319 g/mol. The van der Waals surface area contributed by atoms with Gasteiger partial charge in [0.1, 0.15) is 23.8 Å². The Morgan fingerprint density at radius 2 is 1.50 bits per heavy atom. The highest BCUT2D eigenvalue weighted by molar-refractivity contribution is 5.48. The number of imidazole rings is 1. The molecule has 2 nitrogen and oxygen atoms in total. The summed E-state index contributed by atoms with van der Waals surface area (Å²) in [5, 5.41) is 0. The minimum Gasteiger partial charge on any atom is -0.202 e. The predicted molar refractivity (Wildman–Crippen MR) is 100 cm³/mol. The fourth-order valence-corrected chi connectivity index (χ4v) is 3.75. The Balaban J connectivity index is 2.14. The van der Waals surface area contributed by atoms with Gasteiger partial charge in [0, 0.05) is 0 Å². The third kappa shape index (κ3) is 2.89.